The second-order valence-corrected chi connectivity index (χ2v) is 4.28. The van der Waals surface area contributed by atoms with E-state index in [9.17, 15) is 9.70 Å². The van der Waals surface area contributed by atoms with Crippen LogP contribution in [-0.2, 0) is 4.79 Å². The quantitative estimate of drug-likeness (QED) is 0.434. The summed E-state index contributed by atoms with van der Waals surface area (Å²) >= 11 is 2.15. The first-order valence-corrected chi connectivity index (χ1v) is 5.89. The molecule has 82 valence electrons. The minimum absolute atomic E-state index is 0.325. The molecule has 0 amide bonds. The molecule has 0 aliphatic rings. The monoisotopic (exact) mass is 247 g/mol. The lowest BCUT2D eigenvalue weighted by atomic mass is 10.2. The van der Waals surface area contributed by atoms with E-state index in [1.54, 1.807) is 11.6 Å². The van der Waals surface area contributed by atoms with E-state index in [2.05, 4.69) is 14.9 Å². The molecule has 0 aliphatic heterocycles. The van der Waals surface area contributed by atoms with Gasteiger partial charge in [0.25, 0.3) is 0 Å². The average molecular weight is 247 g/mol. The molecule has 0 bridgehead atoms. The molecule has 1 heterocycles. The van der Waals surface area contributed by atoms with E-state index in [-0.39, 0.29) is 0 Å². The van der Waals surface area contributed by atoms with Crippen LogP contribution in [0.1, 0.15) is 6.42 Å². The Morgan fingerprint density at radius 1 is 1.80 bits per heavy atom. The number of rotatable bonds is 7. The van der Waals surface area contributed by atoms with Gasteiger partial charge in [-0.05, 0) is 6.42 Å². The van der Waals surface area contributed by atoms with Crippen molar-refractivity contribution in [2.75, 3.05) is 11.1 Å². The number of aromatic nitrogens is 1. The van der Waals surface area contributed by atoms with Gasteiger partial charge in [0, 0.05) is 33.9 Å². The third kappa shape index (κ3) is 4.26. The molecule has 8 heteroatoms. The first-order chi connectivity index (χ1) is 7.24. The van der Waals surface area contributed by atoms with Gasteiger partial charge in [-0.1, -0.05) is 0 Å². The zero-order chi connectivity index (χ0) is 11.1. The first-order valence-electron chi connectivity index (χ1n) is 4.07. The fourth-order valence-corrected chi connectivity index (χ4v) is 1.91. The summed E-state index contributed by atoms with van der Waals surface area (Å²) in [4.78, 5) is 24.5. The van der Waals surface area contributed by atoms with Crippen molar-refractivity contribution < 1.29 is 9.90 Å². The Kier molecular flexibility index (Phi) is 5.05. The summed E-state index contributed by atoms with van der Waals surface area (Å²) in [5, 5.41) is 14.0. The average Bonchev–Trinajstić information content (AvgIpc) is 2.69. The number of nitrogens with one attached hydrogen (secondary N) is 1. The number of carboxylic acid groups (broad SMARTS) is 1. The molecule has 1 rings (SSSR count). The zero-order valence-electron chi connectivity index (χ0n) is 7.62. The van der Waals surface area contributed by atoms with Gasteiger partial charge in [-0.15, -0.1) is 16.2 Å². The van der Waals surface area contributed by atoms with Crippen molar-refractivity contribution in [3.8, 4) is 0 Å². The van der Waals surface area contributed by atoms with Gasteiger partial charge in [0.05, 0.1) is 0 Å². The van der Waals surface area contributed by atoms with E-state index in [4.69, 9.17) is 5.11 Å². The summed E-state index contributed by atoms with van der Waals surface area (Å²) in [6.07, 6.45) is 1.92. The van der Waals surface area contributed by atoms with Crippen molar-refractivity contribution in [3.05, 3.63) is 16.5 Å². The van der Waals surface area contributed by atoms with Crippen molar-refractivity contribution in [2.24, 2.45) is 4.58 Å². The predicted octanol–water partition coefficient (Wildman–Crippen LogP) is 1.81. The Balaban J connectivity index is 2.43. The van der Waals surface area contributed by atoms with Crippen molar-refractivity contribution >= 4 is 34.4 Å². The van der Waals surface area contributed by atoms with Crippen LogP contribution in [0.15, 0.2) is 16.2 Å². The van der Waals surface area contributed by atoms with E-state index < -0.39 is 12.0 Å². The van der Waals surface area contributed by atoms with Crippen LogP contribution in [0.4, 0.5) is 5.13 Å². The minimum Gasteiger partial charge on any atom is -0.480 e. The van der Waals surface area contributed by atoms with Crippen molar-refractivity contribution in [1.82, 2.24) is 4.98 Å². The highest BCUT2D eigenvalue weighted by molar-refractivity contribution is 7.97. The first kappa shape index (κ1) is 11.9. The lowest BCUT2D eigenvalue weighted by Gasteiger charge is -2.11. The number of carboxylic acids is 1. The number of nitroso groups, excluding NO2 is 1. The second kappa shape index (κ2) is 6.36. The smallest absolute Gasteiger partial charge is 0.326 e. The van der Waals surface area contributed by atoms with Gasteiger partial charge < -0.3 is 10.4 Å². The standard InChI is InChI=1S/C7H9N3O3S2/c11-6(12)5(1-3-15-10-13)9-7-8-2-4-14-7/h2,4-5H,1,3H2,(H,8,9)(H,11,12)/t5-/m0/s1. The number of anilines is 1. The lowest BCUT2D eigenvalue weighted by molar-refractivity contribution is -0.137. The van der Waals surface area contributed by atoms with Crippen LogP contribution < -0.4 is 5.32 Å². The van der Waals surface area contributed by atoms with E-state index in [0.717, 1.165) is 11.9 Å². The molecule has 0 saturated heterocycles. The van der Waals surface area contributed by atoms with Gasteiger partial charge in [-0.2, -0.15) is 0 Å². The van der Waals surface area contributed by atoms with E-state index in [1.807, 2.05) is 0 Å². The van der Waals surface area contributed by atoms with Gasteiger partial charge in [-0.3, -0.25) is 0 Å². The van der Waals surface area contributed by atoms with E-state index in [1.165, 1.54) is 11.3 Å². The summed E-state index contributed by atoms with van der Waals surface area (Å²) < 4.78 is 2.60. The normalized spacial score (nSPS) is 12.0. The summed E-state index contributed by atoms with van der Waals surface area (Å²) in [6.45, 7) is 0. The largest absolute Gasteiger partial charge is 0.480 e. The molecule has 1 aromatic rings. The number of carbonyl (C=O) groups is 1. The number of hydrogen-bond donors (Lipinski definition) is 2. The maximum atomic E-state index is 10.8. The lowest BCUT2D eigenvalue weighted by Crippen LogP contribution is -2.29. The number of hydrogen-bond acceptors (Lipinski definition) is 7. The molecule has 1 aromatic heterocycles. The maximum absolute atomic E-state index is 10.8. The molecule has 15 heavy (non-hydrogen) atoms. The molecule has 0 fully saturated rings. The van der Waals surface area contributed by atoms with Crippen LogP contribution in [0.25, 0.3) is 0 Å². The zero-order valence-corrected chi connectivity index (χ0v) is 9.25. The molecule has 0 radical (unpaired) electrons. The summed E-state index contributed by atoms with van der Waals surface area (Å²) in [7, 11) is 0. The Hall–Kier alpha value is -1.15. The third-order valence-corrected chi connectivity index (χ3v) is 2.81. The molecule has 0 aliphatic carbocycles. The van der Waals surface area contributed by atoms with Gasteiger partial charge >= 0.3 is 5.97 Å². The summed E-state index contributed by atoms with van der Waals surface area (Å²) in [5.41, 5.74) is 0. The summed E-state index contributed by atoms with van der Waals surface area (Å²) in [6, 6.07) is -0.731. The molecular weight excluding hydrogens is 238 g/mol. The van der Waals surface area contributed by atoms with Crippen LogP contribution >= 0.6 is 23.3 Å². The van der Waals surface area contributed by atoms with Crippen molar-refractivity contribution in [3.63, 3.8) is 0 Å². The molecule has 0 saturated carbocycles. The molecule has 0 aromatic carbocycles. The van der Waals surface area contributed by atoms with Crippen LogP contribution in [0.2, 0.25) is 0 Å². The third-order valence-electron chi connectivity index (χ3n) is 1.58. The molecule has 1 atom stereocenters. The highest BCUT2D eigenvalue weighted by atomic mass is 32.2. The molecule has 0 unspecified atom stereocenters. The molecule has 2 N–H and O–H groups in total. The molecule has 0 spiro atoms. The fourth-order valence-electron chi connectivity index (χ4n) is 0.909. The van der Waals surface area contributed by atoms with E-state index >= 15 is 0 Å². The maximum Gasteiger partial charge on any atom is 0.326 e. The van der Waals surface area contributed by atoms with Crippen molar-refractivity contribution in [1.29, 1.82) is 0 Å². The van der Waals surface area contributed by atoms with Gasteiger partial charge in [0.1, 0.15) is 6.04 Å². The minimum atomic E-state index is -0.961. The predicted molar refractivity (Wildman–Crippen MR) is 60.0 cm³/mol. The number of aliphatic carboxylic acids is 1. The van der Waals surface area contributed by atoms with Crippen LogP contribution in [0, 0.1) is 4.91 Å². The Morgan fingerprint density at radius 2 is 2.60 bits per heavy atom. The van der Waals surface area contributed by atoms with Gasteiger partial charge in [0.15, 0.2) is 5.13 Å². The highest BCUT2D eigenvalue weighted by Gasteiger charge is 2.17. The Bertz CT molecular complexity index is 317. The Morgan fingerprint density at radius 3 is 3.13 bits per heavy atom. The van der Waals surface area contributed by atoms with Gasteiger partial charge in [0.2, 0.25) is 0 Å². The summed E-state index contributed by atoms with van der Waals surface area (Å²) in [5.74, 6) is -0.588. The topological polar surface area (TPSA) is 91.7 Å². The molecule has 6 nitrogen and oxygen atoms in total. The van der Waals surface area contributed by atoms with Crippen LogP contribution in [-0.4, -0.2) is 27.9 Å². The number of nitrogens with zero attached hydrogens (tertiary/aromatic N) is 2. The number of thiazole rings is 1. The highest BCUT2D eigenvalue weighted by Crippen LogP contribution is 2.14. The van der Waals surface area contributed by atoms with E-state index in [0.29, 0.717) is 17.3 Å². The Labute approximate surface area is 94.2 Å². The molecular formula is C7H9N3O3S2. The second-order valence-electron chi connectivity index (χ2n) is 2.57. The SMILES string of the molecule is O=NSCC[C@H](Nc1nccs1)C(=O)O. The van der Waals surface area contributed by atoms with Gasteiger partial charge in [-0.25, -0.2) is 9.78 Å². The fraction of sp³-hybridized carbons (Fsp3) is 0.429. The van der Waals surface area contributed by atoms with Crippen LogP contribution in [0.5, 0.6) is 0 Å². The van der Waals surface area contributed by atoms with Crippen LogP contribution in [0.3, 0.4) is 0 Å². The van der Waals surface area contributed by atoms with Crippen molar-refractivity contribution in [2.45, 2.75) is 12.5 Å².